The fraction of sp³-hybridized carbons (Fsp3) is 0.462. The smallest absolute Gasteiger partial charge is 0.124 e. The molecule has 0 aliphatic carbocycles. The zero-order chi connectivity index (χ0) is 12.3. The number of carbonyl (C=O) groups excluding carboxylic acids is 1. The molecule has 0 saturated carbocycles. The lowest BCUT2D eigenvalue weighted by molar-refractivity contribution is -0.107. The van der Waals surface area contributed by atoms with Crippen molar-refractivity contribution < 1.29 is 9.53 Å². The van der Waals surface area contributed by atoms with Crippen LogP contribution < -0.4 is 4.74 Å². The largest absolute Gasteiger partial charge is 0.493 e. The lowest BCUT2D eigenvalue weighted by Gasteiger charge is -2.36. The van der Waals surface area contributed by atoms with Gasteiger partial charge in [-0.1, -0.05) is 6.07 Å². The van der Waals surface area contributed by atoms with Gasteiger partial charge in [-0.05, 0) is 30.2 Å². The van der Waals surface area contributed by atoms with E-state index in [9.17, 15) is 4.79 Å². The normalized spacial score (nSPS) is 17.1. The number of rotatable bonds is 4. The minimum Gasteiger partial charge on any atom is -0.493 e. The Morgan fingerprint density at radius 3 is 2.82 bits per heavy atom. The van der Waals surface area contributed by atoms with Gasteiger partial charge in [0.1, 0.15) is 12.0 Å². The van der Waals surface area contributed by atoms with E-state index in [1.807, 2.05) is 35.7 Å². The minimum atomic E-state index is 0.0759. The summed E-state index contributed by atoms with van der Waals surface area (Å²) in [6, 6.07) is 6.09. The summed E-state index contributed by atoms with van der Waals surface area (Å²) in [6.45, 7) is 0.766. The van der Waals surface area contributed by atoms with Crippen LogP contribution in [0.4, 0.5) is 0 Å². The summed E-state index contributed by atoms with van der Waals surface area (Å²) in [5, 5.41) is 0. The quantitative estimate of drug-likeness (QED) is 0.619. The van der Waals surface area contributed by atoms with Crippen LogP contribution in [0.1, 0.15) is 17.5 Å². The third-order valence-corrected chi connectivity index (χ3v) is 6.29. The monoisotopic (exact) mass is 268 g/mol. The van der Waals surface area contributed by atoms with Crippen LogP contribution in [0.25, 0.3) is 0 Å². The van der Waals surface area contributed by atoms with Crippen LogP contribution in [-0.2, 0) is 15.3 Å². The summed E-state index contributed by atoms with van der Waals surface area (Å²) in [6.07, 6.45) is 6.71. The number of aldehydes is 1. The SMILES string of the molecule is CSC1(SC)CCOc2ccc(CC=O)cc21. The van der Waals surface area contributed by atoms with Crippen molar-refractivity contribution in [3.63, 3.8) is 0 Å². The average molecular weight is 268 g/mol. The van der Waals surface area contributed by atoms with Crippen molar-refractivity contribution in [3.8, 4) is 5.75 Å². The summed E-state index contributed by atoms with van der Waals surface area (Å²) in [5.74, 6) is 0.967. The third kappa shape index (κ3) is 2.33. The van der Waals surface area contributed by atoms with Crippen molar-refractivity contribution in [3.05, 3.63) is 29.3 Å². The Hall–Kier alpha value is -0.610. The summed E-state index contributed by atoms with van der Waals surface area (Å²) in [5.41, 5.74) is 2.29. The van der Waals surface area contributed by atoms with E-state index in [0.29, 0.717) is 6.42 Å². The Kier molecular flexibility index (Phi) is 4.05. The average Bonchev–Trinajstić information content (AvgIpc) is 2.38. The molecule has 17 heavy (non-hydrogen) atoms. The van der Waals surface area contributed by atoms with Gasteiger partial charge < -0.3 is 9.53 Å². The second-order valence-electron chi connectivity index (χ2n) is 3.96. The van der Waals surface area contributed by atoms with Crippen molar-refractivity contribution in [1.29, 1.82) is 0 Å². The van der Waals surface area contributed by atoms with Gasteiger partial charge in [-0.2, -0.15) is 0 Å². The van der Waals surface area contributed by atoms with Crippen molar-refractivity contribution in [1.82, 2.24) is 0 Å². The number of hydrogen-bond donors (Lipinski definition) is 0. The fourth-order valence-electron chi connectivity index (χ4n) is 2.16. The first-order chi connectivity index (χ1) is 8.25. The topological polar surface area (TPSA) is 26.3 Å². The Balaban J connectivity index is 2.47. The Morgan fingerprint density at radius 2 is 2.18 bits per heavy atom. The second kappa shape index (κ2) is 5.36. The molecule has 2 rings (SSSR count). The molecule has 0 radical (unpaired) electrons. The molecule has 1 aromatic carbocycles. The molecule has 0 saturated heterocycles. The highest BCUT2D eigenvalue weighted by Crippen LogP contribution is 2.52. The maximum absolute atomic E-state index is 10.6. The van der Waals surface area contributed by atoms with E-state index >= 15 is 0 Å². The first-order valence-electron chi connectivity index (χ1n) is 5.56. The van der Waals surface area contributed by atoms with Crippen LogP contribution in [0, 0.1) is 0 Å². The van der Waals surface area contributed by atoms with Crippen LogP contribution in [0.15, 0.2) is 18.2 Å². The summed E-state index contributed by atoms with van der Waals surface area (Å²) >= 11 is 3.71. The zero-order valence-corrected chi connectivity index (χ0v) is 11.7. The molecule has 2 nitrogen and oxygen atoms in total. The number of benzene rings is 1. The van der Waals surface area contributed by atoms with Crippen LogP contribution in [0.2, 0.25) is 0 Å². The lowest BCUT2D eigenvalue weighted by atomic mass is 10.0. The molecule has 0 N–H and O–H groups in total. The molecule has 0 unspecified atom stereocenters. The van der Waals surface area contributed by atoms with E-state index in [1.54, 1.807) is 0 Å². The summed E-state index contributed by atoms with van der Waals surface area (Å²) in [7, 11) is 0. The maximum atomic E-state index is 10.6. The van der Waals surface area contributed by atoms with Crippen LogP contribution >= 0.6 is 23.5 Å². The molecule has 0 bridgehead atoms. The zero-order valence-electron chi connectivity index (χ0n) is 10.1. The number of fused-ring (bicyclic) bond motifs is 1. The van der Waals surface area contributed by atoms with Gasteiger partial charge in [-0.15, -0.1) is 23.5 Å². The number of ether oxygens (including phenoxy) is 1. The first-order valence-corrected chi connectivity index (χ1v) is 8.01. The van der Waals surface area contributed by atoms with Crippen LogP contribution in [0.5, 0.6) is 5.75 Å². The van der Waals surface area contributed by atoms with Crippen molar-refractivity contribution in [2.24, 2.45) is 0 Å². The van der Waals surface area contributed by atoms with Gasteiger partial charge in [0, 0.05) is 18.4 Å². The Morgan fingerprint density at radius 1 is 1.41 bits per heavy atom. The molecule has 92 valence electrons. The van der Waals surface area contributed by atoms with Gasteiger partial charge >= 0.3 is 0 Å². The number of carbonyl (C=O) groups is 1. The molecule has 1 heterocycles. The minimum absolute atomic E-state index is 0.0759. The predicted octanol–water partition coefficient (Wildman–Crippen LogP) is 3.09. The van der Waals surface area contributed by atoms with Crippen molar-refractivity contribution in [2.75, 3.05) is 19.1 Å². The summed E-state index contributed by atoms with van der Waals surface area (Å²) < 4.78 is 5.78. The van der Waals surface area contributed by atoms with Crippen LogP contribution in [-0.4, -0.2) is 25.4 Å². The molecule has 0 aromatic heterocycles. The predicted molar refractivity (Wildman–Crippen MR) is 75.0 cm³/mol. The molecular formula is C13H16O2S2. The van der Waals surface area contributed by atoms with Gasteiger partial charge in [0.05, 0.1) is 10.7 Å². The van der Waals surface area contributed by atoms with Crippen molar-refractivity contribution >= 4 is 29.8 Å². The van der Waals surface area contributed by atoms with Gasteiger partial charge in [-0.3, -0.25) is 0 Å². The second-order valence-corrected chi connectivity index (χ2v) is 6.43. The highest BCUT2D eigenvalue weighted by atomic mass is 32.2. The standard InChI is InChI=1S/C13H16O2S2/c1-16-13(17-2)6-8-15-12-4-3-10(5-7-14)9-11(12)13/h3-4,7,9H,5-6,8H2,1-2H3. The van der Waals surface area contributed by atoms with Gasteiger partial charge in [-0.25, -0.2) is 0 Å². The molecule has 0 atom stereocenters. The molecule has 0 spiro atoms. The maximum Gasteiger partial charge on any atom is 0.124 e. The van der Waals surface area contributed by atoms with E-state index < -0.39 is 0 Å². The summed E-state index contributed by atoms with van der Waals surface area (Å²) in [4.78, 5) is 10.6. The molecular weight excluding hydrogens is 252 g/mol. The molecule has 1 aromatic rings. The van der Waals surface area contributed by atoms with Gasteiger partial charge in [0.25, 0.3) is 0 Å². The molecule has 1 aliphatic heterocycles. The fourth-order valence-corrected chi connectivity index (χ4v) is 4.16. The number of thioether (sulfide) groups is 2. The lowest BCUT2D eigenvalue weighted by Crippen LogP contribution is -2.26. The van der Waals surface area contributed by atoms with Crippen LogP contribution in [0.3, 0.4) is 0 Å². The van der Waals surface area contributed by atoms with Gasteiger partial charge in [0.2, 0.25) is 0 Å². The van der Waals surface area contributed by atoms with E-state index in [2.05, 4.69) is 18.6 Å². The first kappa shape index (κ1) is 12.8. The van der Waals surface area contributed by atoms with E-state index in [4.69, 9.17) is 4.74 Å². The highest BCUT2D eigenvalue weighted by molar-refractivity contribution is 8.16. The van der Waals surface area contributed by atoms with Gasteiger partial charge in [0.15, 0.2) is 0 Å². The Bertz CT molecular complexity index is 414. The van der Waals surface area contributed by atoms with E-state index in [-0.39, 0.29) is 4.08 Å². The number of hydrogen-bond acceptors (Lipinski definition) is 4. The third-order valence-electron chi connectivity index (χ3n) is 3.12. The highest BCUT2D eigenvalue weighted by Gasteiger charge is 2.36. The van der Waals surface area contributed by atoms with E-state index in [0.717, 1.165) is 30.6 Å². The molecule has 4 heteroatoms. The molecule has 1 aliphatic rings. The van der Waals surface area contributed by atoms with Crippen molar-refractivity contribution in [2.45, 2.75) is 16.9 Å². The molecule has 0 amide bonds. The molecule has 0 fully saturated rings. The Labute approximate surface area is 111 Å². The van der Waals surface area contributed by atoms with E-state index in [1.165, 1.54) is 5.56 Å².